The molecule has 0 spiro atoms. The number of aryl methyl sites for hydroxylation is 6. The number of urea groups is 1. The fourth-order valence-corrected chi connectivity index (χ4v) is 2.49. The van der Waals surface area contributed by atoms with E-state index < -0.39 is 0 Å². The minimum absolute atomic E-state index is 0. The summed E-state index contributed by atoms with van der Waals surface area (Å²) in [6, 6.07) is 0.130. The molecule has 2 aliphatic rings. The maximum atomic E-state index is 10.8. The molecule has 0 aromatic carbocycles. The Hall–Kier alpha value is 0.967. The molecule has 0 unspecified atom stereocenters. The zero-order chi connectivity index (χ0) is 37.9. The van der Waals surface area contributed by atoms with Crippen molar-refractivity contribution in [3.63, 3.8) is 0 Å². The molecule has 0 bridgehead atoms. The molecule has 33 heteroatoms. The van der Waals surface area contributed by atoms with E-state index in [0.717, 1.165) is 13.1 Å². The number of hydrogen-bond acceptors (Lipinski definition) is 17. The number of nitrogens with zero attached hydrogens (tertiary/aromatic N) is 23. The molecule has 0 N–H and O–H groups in total. The number of tetrazole rings is 2. The molecule has 6 aromatic rings. The molecule has 58 heavy (non-hydrogen) atoms. The number of cyclic esters (lactones) is 1. The third kappa shape index (κ3) is 41.0. The summed E-state index contributed by atoms with van der Waals surface area (Å²) in [5.41, 5.74) is 0. The monoisotopic (exact) mass is 1330 g/mol. The van der Waals surface area contributed by atoms with Crippen LogP contribution in [0.25, 0.3) is 0 Å². The topological polar surface area (TPSA) is 263 Å². The van der Waals surface area contributed by atoms with Crippen molar-refractivity contribution in [1.82, 2.24) is 115 Å². The molecular weight excluding hydrogens is 1290 g/mol. The van der Waals surface area contributed by atoms with Crippen molar-refractivity contribution in [1.29, 1.82) is 0 Å². The van der Waals surface area contributed by atoms with E-state index in [1.165, 1.54) is 43.0 Å². The molecule has 0 aliphatic carbocycles. The first-order valence-corrected chi connectivity index (χ1v) is 14.2. The number of ether oxygens (including phenoxy) is 1. The van der Waals surface area contributed by atoms with Gasteiger partial charge in [-0.05, 0) is 32.4 Å². The van der Waals surface area contributed by atoms with E-state index in [2.05, 4.69) is 114 Å². The van der Waals surface area contributed by atoms with E-state index in [1.807, 2.05) is 14.1 Å². The summed E-state index contributed by atoms with van der Waals surface area (Å²) >= 11 is 0. The molecular formula is C25H38N23O3Y7-7. The first kappa shape index (κ1) is 73.4. The molecule has 3 amide bonds. The second-order valence-corrected chi connectivity index (χ2v) is 9.32. The van der Waals surface area contributed by atoms with Crippen LogP contribution in [0.1, 0.15) is 0 Å². The summed E-state index contributed by atoms with van der Waals surface area (Å²) in [4.78, 5) is 35.8. The maximum Gasteiger partial charge on any atom is 0.375 e. The summed E-state index contributed by atoms with van der Waals surface area (Å²) in [6.07, 6.45) is 20.7. The van der Waals surface area contributed by atoms with Gasteiger partial charge >= 0.3 is 12.1 Å². The third-order valence-corrected chi connectivity index (χ3v) is 5.03. The molecule has 0 saturated carbocycles. The summed E-state index contributed by atoms with van der Waals surface area (Å²) < 4.78 is 10.5. The van der Waals surface area contributed by atoms with Crippen molar-refractivity contribution >= 4 is 12.1 Å². The van der Waals surface area contributed by atoms with Gasteiger partial charge in [-0.1, -0.05) is 22.2 Å². The predicted octanol–water partition coefficient (Wildman–Crippen LogP) is -3.32. The van der Waals surface area contributed by atoms with Crippen LogP contribution in [-0.2, 0) is 276 Å². The van der Waals surface area contributed by atoms with Crippen molar-refractivity contribution < 1.29 is 243 Å². The van der Waals surface area contributed by atoms with Crippen molar-refractivity contribution in [2.45, 2.75) is 0 Å². The largest absolute Gasteiger partial charge is 0.619 e. The number of carbonyl (C=O) groups excluding carboxylic acids is 2. The van der Waals surface area contributed by atoms with E-state index in [0.29, 0.717) is 6.54 Å². The Kier molecular flexibility index (Phi) is 60.0. The van der Waals surface area contributed by atoms with Crippen LogP contribution in [0.2, 0.25) is 0 Å². The smallest absolute Gasteiger partial charge is 0.375 e. The van der Waals surface area contributed by atoms with Gasteiger partial charge in [0, 0.05) is 298 Å². The Labute approximate surface area is 513 Å². The van der Waals surface area contributed by atoms with Gasteiger partial charge in [0.15, 0.2) is 0 Å². The number of amides is 3. The van der Waals surface area contributed by atoms with Gasteiger partial charge < -0.3 is 81.3 Å². The Bertz CT molecular complexity index is 1370. The Balaban J connectivity index is -0.000000101. The summed E-state index contributed by atoms with van der Waals surface area (Å²) in [5.74, 6) is 0. The van der Waals surface area contributed by atoms with Crippen LogP contribution < -0.4 is 0 Å². The van der Waals surface area contributed by atoms with E-state index in [-0.39, 0.29) is 241 Å². The molecule has 7 radical (unpaired) electrons. The first-order chi connectivity index (χ1) is 24.4. The van der Waals surface area contributed by atoms with Crippen LogP contribution >= 0.6 is 0 Å². The maximum absolute atomic E-state index is 10.8. The normalized spacial score (nSPS) is 10.7. The second kappa shape index (κ2) is 47.4. The van der Waals surface area contributed by atoms with Gasteiger partial charge in [-0.15, -0.1) is 24.2 Å². The molecule has 26 nitrogen and oxygen atoms in total. The van der Waals surface area contributed by atoms with Gasteiger partial charge in [-0.2, -0.15) is 0 Å². The molecule has 8 rings (SSSR count). The molecule has 2 aliphatic heterocycles. The van der Waals surface area contributed by atoms with Crippen LogP contribution in [0.4, 0.5) is 9.59 Å². The second-order valence-electron chi connectivity index (χ2n) is 9.32. The van der Waals surface area contributed by atoms with Crippen molar-refractivity contribution in [2.75, 3.05) is 40.8 Å². The molecule has 2 saturated heterocycles. The minimum atomic E-state index is -0.264. The molecule has 299 valence electrons. The summed E-state index contributed by atoms with van der Waals surface area (Å²) in [6.45, 7) is 3.83. The zero-order valence-corrected chi connectivity index (χ0v) is 53.4. The number of likely N-dealkylation sites (N-methyl/N-ethyl adjacent to an activating group) is 3. The standard InChI is InChI=1S/C5H10N2O.C4H6NO2.4C3H4N3.2C2H3N4.7Y/c1-6-3-4-7(2)5(6)8;1-5-2-3-7-4(5)6;2*1-6-3-4-2-5-6;1-6-3-2-4-5-6;1-6-4-2-3-5-6;1-6-2-3-4-5-6;1-6-4-2-3-5-6;;;;;;;/h3-4H2,1-2H3;3H,2H2,1H3;3H,1H3;2H,1H3;3H,1H3;2H,1H3;2*1H3;;;;;;;/q;7*-1;;;;;;;. The summed E-state index contributed by atoms with van der Waals surface area (Å²) in [5, 5.41) is 41.6. The van der Waals surface area contributed by atoms with E-state index in [9.17, 15) is 9.59 Å². The molecule has 8 heterocycles. The van der Waals surface area contributed by atoms with Crippen LogP contribution in [0.5, 0.6) is 0 Å². The van der Waals surface area contributed by atoms with Gasteiger partial charge in [-0.25, -0.2) is 36.9 Å². The van der Waals surface area contributed by atoms with Gasteiger partial charge in [0.2, 0.25) is 0 Å². The van der Waals surface area contributed by atoms with Crippen LogP contribution in [0.15, 0.2) is 25.0 Å². The number of hydrogen-bond donors (Lipinski definition) is 0. The Morgan fingerprint density at radius 3 is 1.41 bits per heavy atom. The average Bonchev–Trinajstić information content (AvgIpc) is 3.94. The fourth-order valence-electron chi connectivity index (χ4n) is 2.49. The van der Waals surface area contributed by atoms with Crippen LogP contribution in [0.3, 0.4) is 0 Å². The first-order valence-electron chi connectivity index (χ1n) is 14.2. The van der Waals surface area contributed by atoms with Gasteiger partial charge in [0.05, 0.1) is 0 Å². The third-order valence-electron chi connectivity index (χ3n) is 5.03. The van der Waals surface area contributed by atoms with E-state index in [1.54, 1.807) is 81.0 Å². The fraction of sp³-hybridized carbons (Fsp3) is 0.480. The van der Waals surface area contributed by atoms with E-state index >= 15 is 0 Å². The van der Waals surface area contributed by atoms with Crippen molar-refractivity contribution in [3.05, 3.63) is 69.4 Å². The SMILES string of the molecule is CN1CCN(C)C1=O.CN1C[CH-]OC1=O.Cn1[c-]ncn1.Cn1[c-]nnn1.Cn1c[c-]nn1.Cn1cn[c-]n1.Cn1n[c-]cn1.Cn1n[c-]nn1.[Y].[Y].[Y].[Y].[Y].[Y].[Y]. The predicted molar refractivity (Wildman–Crippen MR) is 169 cm³/mol. The van der Waals surface area contributed by atoms with E-state index in [4.69, 9.17) is 0 Å². The average molecular weight is 1330 g/mol. The van der Waals surface area contributed by atoms with Crippen LogP contribution in [0, 0.1) is 44.3 Å². The number of aromatic nitrogens is 20. The van der Waals surface area contributed by atoms with Crippen LogP contribution in [-0.4, -0.2) is 168 Å². The summed E-state index contributed by atoms with van der Waals surface area (Å²) in [7, 11) is 15.8. The molecule has 0 atom stereocenters. The minimum Gasteiger partial charge on any atom is -0.619 e. The van der Waals surface area contributed by atoms with Crippen molar-refractivity contribution in [2.24, 2.45) is 42.3 Å². The Morgan fingerprint density at radius 1 is 0.621 bits per heavy atom. The van der Waals surface area contributed by atoms with Crippen molar-refractivity contribution in [3.8, 4) is 0 Å². The molecule has 6 aromatic heterocycles. The molecule has 2 fully saturated rings. The Morgan fingerprint density at radius 2 is 1.28 bits per heavy atom. The van der Waals surface area contributed by atoms with Gasteiger partial charge in [0.1, 0.15) is 0 Å². The van der Waals surface area contributed by atoms with Gasteiger partial charge in [-0.3, -0.25) is 14.9 Å². The number of carbonyl (C=O) groups is 2. The zero-order valence-electron chi connectivity index (χ0n) is 33.6. The number of rotatable bonds is 0. The van der Waals surface area contributed by atoms with Gasteiger partial charge in [0.25, 0.3) is 0 Å². The quantitative estimate of drug-likeness (QED) is 0.135.